The van der Waals surface area contributed by atoms with Gasteiger partial charge in [0.15, 0.2) is 0 Å². The zero-order valence-corrected chi connectivity index (χ0v) is 12.7. The summed E-state index contributed by atoms with van der Waals surface area (Å²) in [6, 6.07) is 10.7. The predicted molar refractivity (Wildman–Crippen MR) is 82.2 cm³/mol. The Kier molecular flexibility index (Phi) is 5.00. The Morgan fingerprint density at radius 2 is 2.00 bits per heavy atom. The van der Waals surface area contributed by atoms with Crippen LogP contribution in [0.2, 0.25) is 0 Å². The van der Waals surface area contributed by atoms with Gasteiger partial charge in [-0.2, -0.15) is 0 Å². The van der Waals surface area contributed by atoms with E-state index in [1.807, 2.05) is 0 Å². The lowest BCUT2D eigenvalue weighted by Gasteiger charge is -2.45. The molecule has 1 aromatic rings. The molecule has 2 rings (SSSR count). The fourth-order valence-electron chi connectivity index (χ4n) is 3.39. The van der Waals surface area contributed by atoms with Gasteiger partial charge in [-0.1, -0.05) is 50.1 Å². The Balaban J connectivity index is 1.90. The van der Waals surface area contributed by atoms with Crippen LogP contribution in [0.3, 0.4) is 0 Å². The molecule has 0 aromatic heterocycles. The molecule has 0 radical (unpaired) electrons. The van der Waals surface area contributed by atoms with Crippen LogP contribution in [-0.2, 0) is 6.54 Å². The molecular formula is C17H28N2. The standard InChI is InChI=1S/C17H28N2/c1-15-8-7-11-17(12-15,19(2)3)14-18-13-16-9-5-4-6-10-16/h4-6,9-10,15,18H,7-8,11-14H2,1-3H3. The Morgan fingerprint density at radius 3 is 2.63 bits per heavy atom. The summed E-state index contributed by atoms with van der Waals surface area (Å²) >= 11 is 0. The maximum Gasteiger partial charge on any atom is 0.0330 e. The average molecular weight is 260 g/mol. The first-order chi connectivity index (χ1) is 9.12. The molecule has 1 saturated carbocycles. The van der Waals surface area contributed by atoms with E-state index in [1.54, 1.807) is 0 Å². The van der Waals surface area contributed by atoms with Gasteiger partial charge in [-0.05, 0) is 38.4 Å². The van der Waals surface area contributed by atoms with E-state index in [4.69, 9.17) is 0 Å². The number of hydrogen-bond donors (Lipinski definition) is 1. The molecule has 1 fully saturated rings. The molecule has 0 saturated heterocycles. The van der Waals surface area contributed by atoms with Crippen molar-refractivity contribution in [1.29, 1.82) is 0 Å². The van der Waals surface area contributed by atoms with Crippen LogP contribution in [-0.4, -0.2) is 31.1 Å². The highest BCUT2D eigenvalue weighted by molar-refractivity contribution is 5.14. The van der Waals surface area contributed by atoms with E-state index in [9.17, 15) is 0 Å². The van der Waals surface area contributed by atoms with E-state index in [0.29, 0.717) is 5.54 Å². The van der Waals surface area contributed by atoms with E-state index in [0.717, 1.165) is 19.0 Å². The zero-order valence-electron chi connectivity index (χ0n) is 12.7. The van der Waals surface area contributed by atoms with E-state index >= 15 is 0 Å². The van der Waals surface area contributed by atoms with Crippen LogP contribution >= 0.6 is 0 Å². The lowest BCUT2D eigenvalue weighted by Crippen LogP contribution is -2.54. The molecule has 0 aliphatic heterocycles. The summed E-state index contributed by atoms with van der Waals surface area (Å²) in [5, 5.41) is 3.67. The third-order valence-corrected chi connectivity index (χ3v) is 4.64. The molecule has 106 valence electrons. The minimum Gasteiger partial charge on any atom is -0.311 e. The number of benzene rings is 1. The molecule has 0 amide bonds. The highest BCUT2D eigenvalue weighted by Crippen LogP contribution is 2.35. The van der Waals surface area contributed by atoms with Gasteiger partial charge in [-0.3, -0.25) is 0 Å². The van der Waals surface area contributed by atoms with Crippen molar-refractivity contribution in [2.24, 2.45) is 5.92 Å². The van der Waals surface area contributed by atoms with Crippen molar-refractivity contribution in [2.75, 3.05) is 20.6 Å². The van der Waals surface area contributed by atoms with Crippen molar-refractivity contribution in [2.45, 2.75) is 44.7 Å². The van der Waals surface area contributed by atoms with Gasteiger partial charge in [0.25, 0.3) is 0 Å². The number of hydrogen-bond acceptors (Lipinski definition) is 2. The number of likely N-dealkylation sites (N-methyl/N-ethyl adjacent to an activating group) is 1. The van der Waals surface area contributed by atoms with Crippen molar-refractivity contribution in [3.8, 4) is 0 Å². The first-order valence-electron chi connectivity index (χ1n) is 7.54. The van der Waals surface area contributed by atoms with Crippen LogP contribution in [0, 0.1) is 5.92 Å². The van der Waals surface area contributed by atoms with Crippen molar-refractivity contribution in [3.63, 3.8) is 0 Å². The van der Waals surface area contributed by atoms with Crippen molar-refractivity contribution in [1.82, 2.24) is 10.2 Å². The molecule has 1 aliphatic carbocycles. The zero-order chi connectivity index (χ0) is 13.7. The van der Waals surface area contributed by atoms with Crippen molar-refractivity contribution in [3.05, 3.63) is 35.9 Å². The molecule has 2 unspecified atom stereocenters. The van der Waals surface area contributed by atoms with Gasteiger partial charge in [0.1, 0.15) is 0 Å². The van der Waals surface area contributed by atoms with Gasteiger partial charge in [-0.25, -0.2) is 0 Å². The topological polar surface area (TPSA) is 15.3 Å². The summed E-state index contributed by atoms with van der Waals surface area (Å²) < 4.78 is 0. The molecule has 0 heterocycles. The fraction of sp³-hybridized carbons (Fsp3) is 0.647. The first kappa shape index (κ1) is 14.5. The van der Waals surface area contributed by atoms with E-state index in [2.05, 4.69) is 61.6 Å². The highest BCUT2D eigenvalue weighted by Gasteiger charge is 2.36. The van der Waals surface area contributed by atoms with Gasteiger partial charge >= 0.3 is 0 Å². The van der Waals surface area contributed by atoms with Crippen LogP contribution in [0.4, 0.5) is 0 Å². The summed E-state index contributed by atoms with van der Waals surface area (Å²) in [5.41, 5.74) is 1.73. The molecular weight excluding hydrogens is 232 g/mol. The second-order valence-corrected chi connectivity index (χ2v) is 6.41. The van der Waals surface area contributed by atoms with Crippen LogP contribution < -0.4 is 5.32 Å². The second-order valence-electron chi connectivity index (χ2n) is 6.41. The summed E-state index contributed by atoms with van der Waals surface area (Å²) in [6.45, 7) is 4.47. The third-order valence-electron chi connectivity index (χ3n) is 4.64. The Labute approximate surface area is 118 Å². The Morgan fingerprint density at radius 1 is 1.26 bits per heavy atom. The number of nitrogens with one attached hydrogen (secondary N) is 1. The smallest absolute Gasteiger partial charge is 0.0330 e. The number of nitrogens with zero attached hydrogens (tertiary/aromatic N) is 1. The molecule has 2 nitrogen and oxygen atoms in total. The monoisotopic (exact) mass is 260 g/mol. The molecule has 1 N–H and O–H groups in total. The van der Waals surface area contributed by atoms with Gasteiger partial charge in [0.2, 0.25) is 0 Å². The second kappa shape index (κ2) is 6.53. The first-order valence-corrected chi connectivity index (χ1v) is 7.54. The third kappa shape index (κ3) is 3.80. The fourth-order valence-corrected chi connectivity index (χ4v) is 3.39. The van der Waals surface area contributed by atoms with Crippen LogP contribution in [0.5, 0.6) is 0 Å². The SMILES string of the molecule is CC1CCCC(CNCc2ccccc2)(N(C)C)C1. The minimum absolute atomic E-state index is 0.354. The summed E-state index contributed by atoms with van der Waals surface area (Å²) in [5.74, 6) is 0.856. The average Bonchev–Trinajstić information content (AvgIpc) is 2.40. The van der Waals surface area contributed by atoms with Crippen molar-refractivity contribution < 1.29 is 0 Å². The van der Waals surface area contributed by atoms with Crippen LogP contribution in [0.15, 0.2) is 30.3 Å². The van der Waals surface area contributed by atoms with Gasteiger partial charge < -0.3 is 10.2 Å². The molecule has 2 atom stereocenters. The van der Waals surface area contributed by atoms with E-state index in [-0.39, 0.29) is 0 Å². The maximum absolute atomic E-state index is 3.67. The minimum atomic E-state index is 0.354. The molecule has 0 bridgehead atoms. The Bertz CT molecular complexity index is 374. The highest BCUT2D eigenvalue weighted by atomic mass is 15.2. The normalized spacial score (nSPS) is 27.7. The van der Waals surface area contributed by atoms with E-state index < -0.39 is 0 Å². The van der Waals surface area contributed by atoms with Gasteiger partial charge in [-0.15, -0.1) is 0 Å². The lowest BCUT2D eigenvalue weighted by atomic mass is 9.75. The summed E-state index contributed by atoms with van der Waals surface area (Å²) in [7, 11) is 4.48. The maximum atomic E-state index is 3.67. The summed E-state index contributed by atoms with van der Waals surface area (Å²) in [6.07, 6.45) is 5.41. The predicted octanol–water partition coefficient (Wildman–Crippen LogP) is 3.29. The number of rotatable bonds is 5. The Hall–Kier alpha value is -0.860. The van der Waals surface area contributed by atoms with Crippen LogP contribution in [0.25, 0.3) is 0 Å². The van der Waals surface area contributed by atoms with Gasteiger partial charge in [0.05, 0.1) is 0 Å². The molecule has 1 aliphatic rings. The molecule has 0 spiro atoms. The lowest BCUT2D eigenvalue weighted by molar-refractivity contribution is 0.0749. The molecule has 1 aromatic carbocycles. The summed E-state index contributed by atoms with van der Waals surface area (Å²) in [4.78, 5) is 2.45. The van der Waals surface area contributed by atoms with Crippen LogP contribution in [0.1, 0.15) is 38.2 Å². The molecule has 19 heavy (non-hydrogen) atoms. The van der Waals surface area contributed by atoms with E-state index in [1.165, 1.54) is 31.2 Å². The quantitative estimate of drug-likeness (QED) is 0.874. The van der Waals surface area contributed by atoms with Crippen molar-refractivity contribution >= 4 is 0 Å². The molecule has 2 heteroatoms. The largest absolute Gasteiger partial charge is 0.311 e. The van der Waals surface area contributed by atoms with Gasteiger partial charge in [0, 0.05) is 18.6 Å².